The predicted molar refractivity (Wildman–Crippen MR) is 51.5 cm³/mol. The van der Waals surface area contributed by atoms with Gasteiger partial charge in [0.25, 0.3) is 0 Å². The van der Waals surface area contributed by atoms with E-state index in [9.17, 15) is 18.0 Å². The third-order valence-electron chi connectivity index (χ3n) is 2.10. The molecule has 1 aromatic rings. The molecule has 0 amide bonds. The number of alkyl halides is 1. The van der Waals surface area contributed by atoms with E-state index in [0.717, 1.165) is 19.1 Å². The first-order valence-electron chi connectivity index (χ1n) is 4.71. The van der Waals surface area contributed by atoms with Gasteiger partial charge in [0.05, 0.1) is 6.61 Å². The first kappa shape index (κ1) is 12.5. The fourth-order valence-corrected chi connectivity index (χ4v) is 1.25. The number of ether oxygens (including phenoxy) is 1. The molecule has 88 valence electrons. The minimum absolute atomic E-state index is 0.0127. The van der Waals surface area contributed by atoms with Crippen molar-refractivity contribution in [2.45, 2.75) is 19.5 Å². The van der Waals surface area contributed by atoms with E-state index in [1.165, 1.54) is 6.92 Å². The number of hydrogen-bond acceptors (Lipinski definition) is 2. The lowest BCUT2D eigenvalue weighted by atomic mass is 9.97. The third kappa shape index (κ3) is 2.35. The Hall–Kier alpha value is -1.52. The van der Waals surface area contributed by atoms with E-state index >= 15 is 0 Å². The van der Waals surface area contributed by atoms with Crippen LogP contribution in [0.3, 0.4) is 0 Å². The molecule has 0 saturated heterocycles. The van der Waals surface area contributed by atoms with Crippen LogP contribution in [0.5, 0.6) is 0 Å². The van der Waals surface area contributed by atoms with Crippen molar-refractivity contribution in [3.05, 3.63) is 35.4 Å². The van der Waals surface area contributed by atoms with Crippen LogP contribution < -0.4 is 0 Å². The van der Waals surface area contributed by atoms with Gasteiger partial charge in [0.2, 0.25) is 5.67 Å². The summed E-state index contributed by atoms with van der Waals surface area (Å²) in [7, 11) is 0. The van der Waals surface area contributed by atoms with Crippen molar-refractivity contribution < 1.29 is 22.7 Å². The van der Waals surface area contributed by atoms with Gasteiger partial charge in [0, 0.05) is 11.6 Å². The molecule has 0 aliphatic rings. The highest BCUT2D eigenvalue weighted by Crippen LogP contribution is 2.29. The molecule has 0 N–H and O–H groups in total. The Kier molecular flexibility index (Phi) is 3.57. The lowest BCUT2D eigenvalue weighted by molar-refractivity contribution is -0.157. The van der Waals surface area contributed by atoms with E-state index < -0.39 is 28.8 Å². The second kappa shape index (κ2) is 4.55. The number of hydrogen-bond donors (Lipinski definition) is 0. The van der Waals surface area contributed by atoms with E-state index in [1.807, 2.05) is 0 Å². The smallest absolute Gasteiger partial charge is 0.348 e. The Morgan fingerprint density at radius 3 is 2.56 bits per heavy atom. The fourth-order valence-electron chi connectivity index (χ4n) is 1.25. The summed E-state index contributed by atoms with van der Waals surface area (Å²) in [6, 6.07) is 2.30. The molecule has 16 heavy (non-hydrogen) atoms. The Bertz CT molecular complexity index is 402. The SMILES string of the molecule is CCOC(=O)C(C)(F)c1ccc(F)cc1F. The zero-order valence-electron chi connectivity index (χ0n) is 8.89. The molecular weight excluding hydrogens is 221 g/mol. The van der Waals surface area contributed by atoms with Crippen LogP contribution in [0.2, 0.25) is 0 Å². The van der Waals surface area contributed by atoms with Gasteiger partial charge in [-0.3, -0.25) is 0 Å². The van der Waals surface area contributed by atoms with Crippen LogP contribution in [0.1, 0.15) is 19.4 Å². The minimum Gasteiger partial charge on any atom is -0.463 e. The quantitative estimate of drug-likeness (QED) is 0.749. The highest BCUT2D eigenvalue weighted by molar-refractivity contribution is 5.80. The van der Waals surface area contributed by atoms with Crippen LogP contribution >= 0.6 is 0 Å². The summed E-state index contributed by atoms with van der Waals surface area (Å²) < 4.78 is 44.3. The second-order valence-corrected chi connectivity index (χ2v) is 3.35. The molecule has 0 bridgehead atoms. The molecule has 1 rings (SSSR count). The van der Waals surface area contributed by atoms with Crippen LogP contribution in [0.4, 0.5) is 13.2 Å². The van der Waals surface area contributed by atoms with Crippen LogP contribution in [0.15, 0.2) is 18.2 Å². The predicted octanol–water partition coefficient (Wildman–Crippen LogP) is 2.71. The van der Waals surface area contributed by atoms with Crippen LogP contribution in [0, 0.1) is 11.6 Å². The van der Waals surface area contributed by atoms with Crippen molar-refractivity contribution in [2.75, 3.05) is 6.61 Å². The Labute approximate surface area is 91.0 Å². The summed E-state index contributed by atoms with van der Waals surface area (Å²) in [5.74, 6) is -3.14. The average Bonchev–Trinajstić information content (AvgIpc) is 2.17. The zero-order chi connectivity index (χ0) is 12.3. The first-order valence-corrected chi connectivity index (χ1v) is 4.71. The molecule has 0 spiro atoms. The molecule has 1 aromatic carbocycles. The van der Waals surface area contributed by atoms with E-state index in [1.54, 1.807) is 0 Å². The van der Waals surface area contributed by atoms with Crippen molar-refractivity contribution in [2.24, 2.45) is 0 Å². The molecule has 0 heterocycles. The Morgan fingerprint density at radius 1 is 1.44 bits per heavy atom. The first-order chi connectivity index (χ1) is 7.39. The van der Waals surface area contributed by atoms with Gasteiger partial charge < -0.3 is 4.74 Å². The number of rotatable bonds is 3. The maximum atomic E-state index is 14.0. The number of esters is 1. The second-order valence-electron chi connectivity index (χ2n) is 3.35. The van der Waals surface area contributed by atoms with Crippen molar-refractivity contribution in [3.8, 4) is 0 Å². The summed E-state index contributed by atoms with van der Waals surface area (Å²) in [6.07, 6.45) is 0. The molecule has 0 saturated carbocycles. The topological polar surface area (TPSA) is 26.3 Å². The molecule has 1 unspecified atom stereocenters. The summed E-state index contributed by atoms with van der Waals surface area (Å²) in [4.78, 5) is 11.2. The monoisotopic (exact) mass is 232 g/mol. The Balaban J connectivity index is 3.11. The van der Waals surface area contributed by atoms with E-state index in [0.29, 0.717) is 6.07 Å². The molecule has 0 aliphatic heterocycles. The lowest BCUT2D eigenvalue weighted by Crippen LogP contribution is -2.30. The van der Waals surface area contributed by atoms with Gasteiger partial charge in [0.1, 0.15) is 11.6 Å². The average molecular weight is 232 g/mol. The van der Waals surface area contributed by atoms with Crippen LogP contribution in [-0.2, 0) is 15.2 Å². The van der Waals surface area contributed by atoms with Crippen LogP contribution in [-0.4, -0.2) is 12.6 Å². The van der Waals surface area contributed by atoms with Gasteiger partial charge in [-0.05, 0) is 26.0 Å². The van der Waals surface area contributed by atoms with Gasteiger partial charge in [-0.15, -0.1) is 0 Å². The molecule has 0 fully saturated rings. The maximum Gasteiger partial charge on any atom is 0.348 e. The standard InChI is InChI=1S/C11H11F3O2/c1-3-16-10(15)11(2,14)8-5-4-7(12)6-9(8)13/h4-6H,3H2,1-2H3. The maximum absolute atomic E-state index is 14.0. The van der Waals surface area contributed by atoms with Crippen molar-refractivity contribution in [1.29, 1.82) is 0 Å². The summed E-state index contributed by atoms with van der Waals surface area (Å²) in [5, 5.41) is 0. The van der Waals surface area contributed by atoms with Gasteiger partial charge in [-0.2, -0.15) is 0 Å². The lowest BCUT2D eigenvalue weighted by Gasteiger charge is -2.19. The van der Waals surface area contributed by atoms with Crippen molar-refractivity contribution in [1.82, 2.24) is 0 Å². The molecular formula is C11H11F3O2. The van der Waals surface area contributed by atoms with E-state index in [2.05, 4.69) is 4.74 Å². The number of carbonyl (C=O) groups is 1. The summed E-state index contributed by atoms with van der Waals surface area (Å²) in [6.45, 7) is 2.37. The van der Waals surface area contributed by atoms with E-state index in [-0.39, 0.29) is 6.61 Å². The molecule has 0 radical (unpaired) electrons. The zero-order valence-corrected chi connectivity index (χ0v) is 8.89. The summed E-state index contributed by atoms with van der Waals surface area (Å²) >= 11 is 0. The van der Waals surface area contributed by atoms with Gasteiger partial charge in [-0.25, -0.2) is 18.0 Å². The summed E-state index contributed by atoms with van der Waals surface area (Å²) in [5.41, 5.74) is -3.15. The third-order valence-corrected chi connectivity index (χ3v) is 2.10. The normalized spacial score (nSPS) is 14.3. The number of carbonyl (C=O) groups excluding carboxylic acids is 1. The fraction of sp³-hybridized carbons (Fsp3) is 0.364. The van der Waals surface area contributed by atoms with Gasteiger partial charge in [0.15, 0.2) is 0 Å². The highest BCUT2D eigenvalue weighted by atomic mass is 19.2. The van der Waals surface area contributed by atoms with Gasteiger partial charge >= 0.3 is 5.97 Å². The molecule has 0 aromatic heterocycles. The molecule has 2 nitrogen and oxygen atoms in total. The number of halogens is 3. The molecule has 5 heteroatoms. The van der Waals surface area contributed by atoms with Crippen molar-refractivity contribution in [3.63, 3.8) is 0 Å². The van der Waals surface area contributed by atoms with E-state index in [4.69, 9.17) is 0 Å². The number of benzene rings is 1. The van der Waals surface area contributed by atoms with Gasteiger partial charge in [-0.1, -0.05) is 0 Å². The highest BCUT2D eigenvalue weighted by Gasteiger charge is 2.39. The molecule has 0 aliphatic carbocycles. The Morgan fingerprint density at radius 2 is 2.06 bits per heavy atom. The molecule has 1 atom stereocenters. The largest absolute Gasteiger partial charge is 0.463 e. The van der Waals surface area contributed by atoms with Crippen LogP contribution in [0.25, 0.3) is 0 Å². The van der Waals surface area contributed by atoms with Crippen molar-refractivity contribution >= 4 is 5.97 Å². The minimum atomic E-state index is -2.62.